The fraction of sp³-hybridized carbons (Fsp3) is 0. The van der Waals surface area contributed by atoms with Crippen LogP contribution in [0.5, 0.6) is 0 Å². The molecule has 102 valence electrons. The van der Waals surface area contributed by atoms with Crippen molar-refractivity contribution >= 4 is 44.5 Å². The number of H-pyrrole nitrogens is 1. The Kier molecular flexibility index (Phi) is 2.46. The molecule has 0 spiro atoms. The van der Waals surface area contributed by atoms with Gasteiger partial charge in [-0.3, -0.25) is 9.59 Å². The van der Waals surface area contributed by atoms with Gasteiger partial charge in [0.1, 0.15) is 6.33 Å². The maximum absolute atomic E-state index is 12.6. The number of carbonyl (C=O) groups excluding carboxylic acids is 2. The predicted molar refractivity (Wildman–Crippen MR) is 79.2 cm³/mol. The number of hydrogen-bond acceptors (Lipinski definition) is 4. The van der Waals surface area contributed by atoms with Crippen molar-refractivity contribution in [1.82, 2.24) is 15.2 Å². The Morgan fingerprint density at radius 2 is 1.81 bits per heavy atom. The van der Waals surface area contributed by atoms with Crippen molar-refractivity contribution in [2.24, 2.45) is 0 Å². The van der Waals surface area contributed by atoms with Crippen molar-refractivity contribution in [3.8, 4) is 0 Å². The summed E-state index contributed by atoms with van der Waals surface area (Å²) in [6.07, 6.45) is 1.26. The summed E-state index contributed by atoms with van der Waals surface area (Å²) in [5.41, 5.74) is 0.944. The zero-order chi connectivity index (χ0) is 14.6. The summed E-state index contributed by atoms with van der Waals surface area (Å²) in [5.74, 6) is -0.698. The van der Waals surface area contributed by atoms with E-state index in [-0.39, 0.29) is 5.95 Å². The molecule has 7 heteroatoms. The molecule has 1 N–H and O–H groups in total. The zero-order valence-corrected chi connectivity index (χ0v) is 12.1. The largest absolute Gasteiger partial charge is 0.268 e. The van der Waals surface area contributed by atoms with Gasteiger partial charge in [0.15, 0.2) is 0 Å². The van der Waals surface area contributed by atoms with Crippen LogP contribution in [-0.2, 0) is 0 Å². The van der Waals surface area contributed by atoms with Crippen molar-refractivity contribution in [2.75, 3.05) is 4.90 Å². The van der Waals surface area contributed by atoms with E-state index in [0.29, 0.717) is 16.5 Å². The Bertz CT molecular complexity index is 882. The monoisotopic (exact) mass is 342 g/mol. The fourth-order valence-electron chi connectivity index (χ4n) is 2.56. The Morgan fingerprint density at radius 1 is 1.05 bits per heavy atom. The lowest BCUT2D eigenvalue weighted by Crippen LogP contribution is -2.41. The number of nitrogens with zero attached hydrogens (tertiary/aromatic N) is 3. The van der Waals surface area contributed by atoms with E-state index in [1.54, 1.807) is 24.3 Å². The summed E-state index contributed by atoms with van der Waals surface area (Å²) >= 11 is 3.45. The van der Waals surface area contributed by atoms with Gasteiger partial charge < -0.3 is 0 Å². The number of amides is 2. The highest BCUT2D eigenvalue weighted by molar-refractivity contribution is 9.10. The Hall–Kier alpha value is -2.54. The number of rotatable bonds is 1. The molecule has 2 amide bonds. The minimum Gasteiger partial charge on any atom is -0.268 e. The van der Waals surface area contributed by atoms with Crippen LogP contribution in [0.15, 0.2) is 41.1 Å². The molecule has 1 aliphatic heterocycles. The second-order valence-electron chi connectivity index (χ2n) is 4.58. The Morgan fingerprint density at radius 3 is 2.52 bits per heavy atom. The third-order valence-electron chi connectivity index (χ3n) is 3.47. The normalized spacial score (nSPS) is 14.0. The van der Waals surface area contributed by atoms with Crippen LogP contribution in [0.25, 0.3) is 10.8 Å². The first-order chi connectivity index (χ1) is 10.2. The van der Waals surface area contributed by atoms with Crippen LogP contribution in [0, 0.1) is 0 Å². The summed E-state index contributed by atoms with van der Waals surface area (Å²) in [6.45, 7) is 0. The minimum atomic E-state index is -0.409. The average Bonchev–Trinajstić information content (AvgIpc) is 3.00. The molecule has 2 aromatic carbocycles. The molecular weight excluding hydrogens is 336 g/mol. The first kappa shape index (κ1) is 12.2. The Balaban J connectivity index is 2.07. The smallest absolute Gasteiger partial charge is 0.268 e. The first-order valence-corrected chi connectivity index (χ1v) is 6.93. The van der Waals surface area contributed by atoms with Gasteiger partial charge in [-0.1, -0.05) is 28.1 Å². The van der Waals surface area contributed by atoms with Crippen LogP contribution in [-0.4, -0.2) is 27.0 Å². The Labute approximate surface area is 126 Å². The number of hydrogen-bond donors (Lipinski definition) is 1. The van der Waals surface area contributed by atoms with E-state index in [9.17, 15) is 9.59 Å². The maximum atomic E-state index is 12.6. The molecular formula is C14H7BrN4O2. The molecule has 0 unspecified atom stereocenters. The lowest BCUT2D eigenvalue weighted by atomic mass is 9.94. The third-order valence-corrected chi connectivity index (χ3v) is 4.16. The van der Waals surface area contributed by atoms with Gasteiger partial charge in [0.05, 0.1) is 0 Å². The third kappa shape index (κ3) is 1.58. The topological polar surface area (TPSA) is 79.0 Å². The molecule has 0 radical (unpaired) electrons. The fourth-order valence-corrected chi connectivity index (χ4v) is 3.02. The van der Waals surface area contributed by atoms with E-state index in [2.05, 4.69) is 31.1 Å². The molecule has 0 saturated carbocycles. The van der Waals surface area contributed by atoms with Crippen LogP contribution in [0.1, 0.15) is 20.7 Å². The summed E-state index contributed by atoms with van der Waals surface area (Å²) in [4.78, 5) is 30.2. The van der Waals surface area contributed by atoms with Gasteiger partial charge in [-0.25, -0.2) is 10.00 Å². The second-order valence-corrected chi connectivity index (χ2v) is 5.43. The van der Waals surface area contributed by atoms with Crippen LogP contribution in [0.2, 0.25) is 0 Å². The van der Waals surface area contributed by atoms with Gasteiger partial charge >= 0.3 is 0 Å². The van der Waals surface area contributed by atoms with E-state index >= 15 is 0 Å². The second kappa shape index (κ2) is 4.23. The average molecular weight is 343 g/mol. The molecule has 1 aliphatic rings. The summed E-state index contributed by atoms with van der Waals surface area (Å²) in [7, 11) is 0. The van der Waals surface area contributed by atoms with Crippen LogP contribution in [0.3, 0.4) is 0 Å². The number of halogens is 1. The molecule has 0 aliphatic carbocycles. The van der Waals surface area contributed by atoms with Gasteiger partial charge in [0.25, 0.3) is 11.8 Å². The van der Waals surface area contributed by atoms with Gasteiger partial charge in [0.2, 0.25) is 5.95 Å². The zero-order valence-electron chi connectivity index (χ0n) is 10.5. The number of nitrogens with one attached hydrogen (secondary N) is 1. The van der Waals surface area contributed by atoms with Crippen molar-refractivity contribution in [2.45, 2.75) is 0 Å². The molecule has 6 nitrogen and oxygen atoms in total. The molecule has 0 saturated heterocycles. The summed E-state index contributed by atoms with van der Waals surface area (Å²) in [6, 6.07) is 8.87. The van der Waals surface area contributed by atoms with Gasteiger partial charge in [-0.2, -0.15) is 10.1 Å². The van der Waals surface area contributed by atoms with E-state index in [1.807, 2.05) is 6.07 Å². The first-order valence-electron chi connectivity index (χ1n) is 6.14. The van der Waals surface area contributed by atoms with Crippen LogP contribution in [0.4, 0.5) is 5.95 Å². The molecule has 0 fully saturated rings. The van der Waals surface area contributed by atoms with Gasteiger partial charge in [0, 0.05) is 21.0 Å². The van der Waals surface area contributed by atoms with Crippen molar-refractivity contribution in [1.29, 1.82) is 0 Å². The SMILES string of the molecule is O=C1c2cccc3c(Br)ccc(c23)C(=O)N1c1ncn[nH]1. The van der Waals surface area contributed by atoms with E-state index < -0.39 is 11.8 Å². The standard InChI is InChI=1S/C14H7BrN4O2/c15-10-5-4-9-11-7(10)2-1-3-8(11)12(20)19(13(9)21)14-16-6-17-18-14/h1-6H,(H,16,17,18). The number of benzene rings is 2. The molecule has 2 heterocycles. The number of anilines is 1. The highest BCUT2D eigenvalue weighted by Gasteiger charge is 2.35. The van der Waals surface area contributed by atoms with Gasteiger partial charge in [-0.05, 0) is 23.6 Å². The lowest BCUT2D eigenvalue weighted by molar-refractivity contribution is 0.0891. The van der Waals surface area contributed by atoms with Crippen molar-refractivity contribution in [3.63, 3.8) is 0 Å². The molecule has 0 atom stereocenters. The van der Waals surface area contributed by atoms with E-state index in [4.69, 9.17) is 0 Å². The van der Waals surface area contributed by atoms with Gasteiger partial charge in [-0.15, -0.1) is 0 Å². The number of aromatic amines is 1. The quantitative estimate of drug-likeness (QED) is 0.689. The predicted octanol–water partition coefficient (Wildman–Crippen LogP) is 2.52. The number of imide groups is 1. The maximum Gasteiger partial charge on any atom is 0.268 e. The molecule has 3 aromatic rings. The van der Waals surface area contributed by atoms with Crippen molar-refractivity contribution in [3.05, 3.63) is 52.3 Å². The summed E-state index contributed by atoms with van der Waals surface area (Å²) < 4.78 is 0.844. The molecule has 0 bridgehead atoms. The molecule has 21 heavy (non-hydrogen) atoms. The van der Waals surface area contributed by atoms with Crippen molar-refractivity contribution < 1.29 is 9.59 Å². The van der Waals surface area contributed by atoms with E-state index in [1.165, 1.54) is 6.33 Å². The minimum absolute atomic E-state index is 0.121. The lowest BCUT2D eigenvalue weighted by Gasteiger charge is -2.25. The summed E-state index contributed by atoms with van der Waals surface area (Å²) in [5, 5.41) is 7.75. The molecule has 1 aromatic heterocycles. The highest BCUT2D eigenvalue weighted by atomic mass is 79.9. The number of aromatic nitrogens is 3. The number of carbonyl (C=O) groups is 2. The highest BCUT2D eigenvalue weighted by Crippen LogP contribution is 2.35. The van der Waals surface area contributed by atoms with Crippen LogP contribution < -0.4 is 4.90 Å². The van der Waals surface area contributed by atoms with Crippen LogP contribution >= 0.6 is 15.9 Å². The van der Waals surface area contributed by atoms with E-state index in [0.717, 1.165) is 14.8 Å². The molecule has 4 rings (SSSR count).